The number of thiophene rings is 1. The summed E-state index contributed by atoms with van der Waals surface area (Å²) >= 11 is 3.08. The highest BCUT2D eigenvalue weighted by Gasteiger charge is 2.59. The number of carboxylic acids is 1. The topological polar surface area (TPSA) is 70.5 Å². The molecule has 1 amide bonds. The maximum Gasteiger partial charge on any atom is 0.307 e. The normalized spacial score (nSPS) is 21.9. The lowest BCUT2D eigenvalue weighted by molar-refractivity contribution is -0.139. The lowest BCUT2D eigenvalue weighted by Crippen LogP contribution is -2.39. The van der Waals surface area contributed by atoms with Crippen molar-refractivity contribution < 1.29 is 14.7 Å². The summed E-state index contributed by atoms with van der Waals surface area (Å²) in [6.07, 6.45) is 2.36. The summed E-state index contributed by atoms with van der Waals surface area (Å²) in [4.78, 5) is 32.2. The summed E-state index contributed by atoms with van der Waals surface area (Å²) in [6, 6.07) is 4.00. The van der Waals surface area contributed by atoms with Crippen molar-refractivity contribution in [2.45, 2.75) is 26.2 Å². The summed E-state index contributed by atoms with van der Waals surface area (Å²) in [6.45, 7) is 3.18. The first-order valence-corrected chi connectivity index (χ1v) is 9.73. The SMILES string of the molecule is Cc1nc(-c2cccs2)sc1C(=O)N1CCC2(CC1)CC2C(=O)O. The van der Waals surface area contributed by atoms with Crippen LogP contribution in [0.4, 0.5) is 0 Å². The van der Waals surface area contributed by atoms with Gasteiger partial charge in [0.1, 0.15) is 9.88 Å². The van der Waals surface area contributed by atoms with Crippen molar-refractivity contribution in [2.75, 3.05) is 13.1 Å². The van der Waals surface area contributed by atoms with Crippen LogP contribution in [0, 0.1) is 18.3 Å². The summed E-state index contributed by atoms with van der Waals surface area (Å²) < 4.78 is 0. The van der Waals surface area contributed by atoms with Crippen LogP contribution in [0.5, 0.6) is 0 Å². The fourth-order valence-corrected chi connectivity index (χ4v) is 5.48. The Labute approximate surface area is 148 Å². The average molecular weight is 362 g/mol. The number of thiazole rings is 1. The van der Waals surface area contributed by atoms with Gasteiger partial charge in [0.2, 0.25) is 0 Å². The molecule has 5 nitrogen and oxygen atoms in total. The van der Waals surface area contributed by atoms with E-state index in [4.69, 9.17) is 5.11 Å². The zero-order chi connectivity index (χ0) is 16.9. The van der Waals surface area contributed by atoms with Crippen LogP contribution in [-0.4, -0.2) is 40.0 Å². The molecule has 2 fully saturated rings. The molecule has 1 saturated carbocycles. The molecule has 1 aliphatic carbocycles. The zero-order valence-corrected chi connectivity index (χ0v) is 15.0. The zero-order valence-electron chi connectivity index (χ0n) is 13.3. The fraction of sp³-hybridized carbons (Fsp3) is 0.471. The molecule has 1 atom stereocenters. The Bertz CT molecular complexity index is 789. The van der Waals surface area contributed by atoms with Crippen molar-refractivity contribution in [3.05, 3.63) is 28.1 Å². The Morgan fingerprint density at radius 2 is 2.12 bits per heavy atom. The van der Waals surface area contributed by atoms with Gasteiger partial charge in [-0.25, -0.2) is 4.98 Å². The second-order valence-corrected chi connectivity index (χ2v) is 8.61. The smallest absolute Gasteiger partial charge is 0.307 e. The van der Waals surface area contributed by atoms with E-state index in [0.29, 0.717) is 18.0 Å². The number of hydrogen-bond acceptors (Lipinski definition) is 5. The second kappa shape index (κ2) is 5.67. The molecule has 1 N–H and O–H groups in total. The Morgan fingerprint density at radius 1 is 1.38 bits per heavy atom. The Hall–Kier alpha value is -1.73. The molecule has 4 rings (SSSR count). The van der Waals surface area contributed by atoms with E-state index in [1.165, 1.54) is 11.3 Å². The van der Waals surface area contributed by atoms with Gasteiger partial charge in [-0.2, -0.15) is 0 Å². The highest BCUT2D eigenvalue weighted by atomic mass is 32.1. The molecular weight excluding hydrogens is 344 g/mol. The van der Waals surface area contributed by atoms with Gasteiger partial charge in [0, 0.05) is 13.1 Å². The molecular formula is C17H18N2O3S2. The van der Waals surface area contributed by atoms with E-state index in [1.807, 2.05) is 29.3 Å². The molecule has 1 saturated heterocycles. The number of carbonyl (C=O) groups is 2. The van der Waals surface area contributed by atoms with Crippen LogP contribution < -0.4 is 0 Å². The van der Waals surface area contributed by atoms with Crippen LogP contribution in [0.2, 0.25) is 0 Å². The van der Waals surface area contributed by atoms with Gasteiger partial charge in [0.05, 0.1) is 16.5 Å². The van der Waals surface area contributed by atoms with Crippen molar-refractivity contribution in [1.82, 2.24) is 9.88 Å². The largest absolute Gasteiger partial charge is 0.481 e. The number of carbonyl (C=O) groups excluding carboxylic acids is 1. The molecule has 126 valence electrons. The molecule has 1 aliphatic heterocycles. The van der Waals surface area contributed by atoms with Gasteiger partial charge >= 0.3 is 5.97 Å². The lowest BCUT2D eigenvalue weighted by atomic mass is 9.90. The first-order chi connectivity index (χ1) is 11.5. The van der Waals surface area contributed by atoms with Crippen LogP contribution in [0.3, 0.4) is 0 Å². The number of piperidine rings is 1. The minimum atomic E-state index is -0.686. The van der Waals surface area contributed by atoms with Crippen molar-refractivity contribution >= 4 is 34.6 Å². The first kappa shape index (κ1) is 15.8. The van der Waals surface area contributed by atoms with Gasteiger partial charge in [-0.1, -0.05) is 6.07 Å². The number of aryl methyl sites for hydroxylation is 1. The molecule has 0 radical (unpaired) electrons. The summed E-state index contributed by atoms with van der Waals surface area (Å²) in [5.41, 5.74) is 0.733. The van der Waals surface area contributed by atoms with Crippen molar-refractivity contribution in [1.29, 1.82) is 0 Å². The first-order valence-electron chi connectivity index (χ1n) is 8.03. The third-order valence-electron chi connectivity index (χ3n) is 5.26. The van der Waals surface area contributed by atoms with Gasteiger partial charge in [-0.15, -0.1) is 22.7 Å². The summed E-state index contributed by atoms with van der Waals surface area (Å²) in [7, 11) is 0. The molecule has 3 heterocycles. The number of carboxylic acid groups (broad SMARTS) is 1. The third kappa shape index (κ3) is 2.56. The molecule has 2 aliphatic rings. The predicted molar refractivity (Wildman–Crippen MR) is 93.5 cm³/mol. The monoisotopic (exact) mass is 362 g/mol. The van der Waals surface area contributed by atoms with E-state index in [2.05, 4.69) is 4.98 Å². The van der Waals surface area contributed by atoms with E-state index in [1.54, 1.807) is 11.3 Å². The average Bonchev–Trinajstić information content (AvgIpc) is 2.94. The molecule has 0 bridgehead atoms. The standard InChI is InChI=1S/C17H18N2O3S2/c1-10-13(24-14(18-10)12-3-2-8-23-12)15(20)19-6-4-17(5-7-19)9-11(17)16(21)22/h2-3,8,11H,4-7,9H2,1H3,(H,21,22). The highest BCUT2D eigenvalue weighted by Crippen LogP contribution is 2.59. The Kier molecular flexibility index (Phi) is 3.73. The molecule has 1 spiro atoms. The van der Waals surface area contributed by atoms with Gasteiger partial charge in [-0.05, 0) is 43.0 Å². The third-order valence-corrected chi connectivity index (χ3v) is 7.44. The molecule has 0 aromatic carbocycles. The number of aromatic nitrogens is 1. The maximum absolute atomic E-state index is 12.8. The van der Waals surface area contributed by atoms with Crippen molar-refractivity contribution in [3.8, 4) is 9.88 Å². The quantitative estimate of drug-likeness (QED) is 0.907. The van der Waals surface area contributed by atoms with Gasteiger partial charge in [0.15, 0.2) is 0 Å². The molecule has 2 aromatic rings. The lowest BCUT2D eigenvalue weighted by Gasteiger charge is -2.32. The number of rotatable bonds is 3. The predicted octanol–water partition coefficient (Wildman–Crippen LogP) is 3.51. The number of aliphatic carboxylic acids is 1. The Morgan fingerprint density at radius 3 is 2.71 bits per heavy atom. The summed E-state index contributed by atoms with van der Waals surface area (Å²) in [5, 5.41) is 12.1. The van der Waals surface area contributed by atoms with E-state index in [-0.39, 0.29) is 17.2 Å². The minimum absolute atomic E-state index is 0.0372. The van der Waals surface area contributed by atoms with Gasteiger partial charge in [-0.3, -0.25) is 9.59 Å². The molecule has 2 aromatic heterocycles. The fourth-order valence-electron chi connectivity index (χ4n) is 3.65. The van der Waals surface area contributed by atoms with E-state index < -0.39 is 5.97 Å². The second-order valence-electron chi connectivity index (χ2n) is 6.66. The van der Waals surface area contributed by atoms with E-state index >= 15 is 0 Å². The van der Waals surface area contributed by atoms with Crippen LogP contribution in [0.15, 0.2) is 17.5 Å². The maximum atomic E-state index is 12.8. The van der Waals surface area contributed by atoms with Gasteiger partial charge < -0.3 is 10.0 Å². The molecule has 24 heavy (non-hydrogen) atoms. The number of hydrogen-bond donors (Lipinski definition) is 1. The van der Waals surface area contributed by atoms with Crippen molar-refractivity contribution in [2.24, 2.45) is 11.3 Å². The van der Waals surface area contributed by atoms with Crippen LogP contribution >= 0.6 is 22.7 Å². The van der Waals surface area contributed by atoms with Crippen molar-refractivity contribution in [3.63, 3.8) is 0 Å². The van der Waals surface area contributed by atoms with Crippen LogP contribution in [-0.2, 0) is 4.79 Å². The van der Waals surface area contributed by atoms with Gasteiger partial charge in [0.25, 0.3) is 5.91 Å². The summed E-state index contributed by atoms with van der Waals surface area (Å²) in [5.74, 6) is -0.853. The highest BCUT2D eigenvalue weighted by molar-refractivity contribution is 7.22. The van der Waals surface area contributed by atoms with E-state index in [0.717, 1.165) is 34.8 Å². The minimum Gasteiger partial charge on any atom is -0.481 e. The Balaban J connectivity index is 1.47. The number of likely N-dealkylation sites (tertiary alicyclic amines) is 1. The molecule has 1 unspecified atom stereocenters. The molecule has 7 heteroatoms. The van der Waals surface area contributed by atoms with Crippen LogP contribution in [0.25, 0.3) is 9.88 Å². The number of amides is 1. The number of nitrogens with zero attached hydrogens (tertiary/aromatic N) is 2. The van der Waals surface area contributed by atoms with E-state index in [9.17, 15) is 9.59 Å². The van der Waals surface area contributed by atoms with Crippen LogP contribution in [0.1, 0.15) is 34.6 Å².